The Bertz CT molecular complexity index is 490. The van der Waals surface area contributed by atoms with Crippen LogP contribution in [0.15, 0.2) is 24.5 Å². The molecule has 0 aromatic carbocycles. The van der Waals surface area contributed by atoms with E-state index in [-0.39, 0.29) is 11.4 Å². The second-order valence-electron chi connectivity index (χ2n) is 2.77. The topological polar surface area (TPSA) is 63.8 Å². The first-order valence-electron chi connectivity index (χ1n) is 3.97. The number of ether oxygens (including phenoxy) is 1. The summed E-state index contributed by atoms with van der Waals surface area (Å²) < 4.78 is 6.08. The van der Waals surface area contributed by atoms with Crippen molar-refractivity contribution in [2.45, 2.75) is 0 Å². The molecule has 2 aromatic heterocycles. The van der Waals surface area contributed by atoms with Gasteiger partial charge in [-0.1, -0.05) is 0 Å². The number of carbonyl (C=O) groups excluding carboxylic acids is 1. The number of esters is 1. The van der Waals surface area contributed by atoms with Crippen molar-refractivity contribution in [3.05, 3.63) is 30.2 Å². The highest BCUT2D eigenvalue weighted by molar-refractivity contribution is 5.87. The third-order valence-electron chi connectivity index (χ3n) is 1.83. The van der Waals surface area contributed by atoms with Crippen molar-refractivity contribution < 1.29 is 14.6 Å². The van der Waals surface area contributed by atoms with Gasteiger partial charge in [0.1, 0.15) is 11.4 Å². The highest BCUT2D eigenvalue weighted by Crippen LogP contribution is 2.12. The lowest BCUT2D eigenvalue weighted by Crippen LogP contribution is -2.00. The Kier molecular flexibility index (Phi) is 1.85. The van der Waals surface area contributed by atoms with Gasteiger partial charge in [-0.15, -0.1) is 0 Å². The molecule has 0 bridgehead atoms. The molecule has 5 heteroatoms. The van der Waals surface area contributed by atoms with E-state index in [0.717, 1.165) is 0 Å². The third-order valence-corrected chi connectivity index (χ3v) is 1.83. The minimum Gasteiger partial charge on any atom is -0.506 e. The summed E-state index contributed by atoms with van der Waals surface area (Å²) >= 11 is 0. The predicted molar refractivity (Wildman–Crippen MR) is 48.2 cm³/mol. The second kappa shape index (κ2) is 3.02. The van der Waals surface area contributed by atoms with Gasteiger partial charge in [-0.05, 0) is 12.1 Å². The van der Waals surface area contributed by atoms with Crippen molar-refractivity contribution in [1.29, 1.82) is 0 Å². The highest BCUT2D eigenvalue weighted by atomic mass is 16.5. The van der Waals surface area contributed by atoms with Gasteiger partial charge in [-0.3, -0.25) is 0 Å². The van der Waals surface area contributed by atoms with Gasteiger partial charge >= 0.3 is 5.97 Å². The molecule has 2 heterocycles. The molecule has 0 atom stereocenters. The van der Waals surface area contributed by atoms with E-state index < -0.39 is 5.97 Å². The number of hydrogen-bond donors (Lipinski definition) is 1. The fourth-order valence-electron chi connectivity index (χ4n) is 1.18. The first-order valence-corrected chi connectivity index (χ1v) is 3.97. The van der Waals surface area contributed by atoms with Crippen LogP contribution in [-0.2, 0) is 4.74 Å². The van der Waals surface area contributed by atoms with E-state index in [4.69, 9.17) is 0 Å². The minimum atomic E-state index is -0.492. The summed E-state index contributed by atoms with van der Waals surface area (Å²) in [6, 6.07) is 3.12. The van der Waals surface area contributed by atoms with Crippen LogP contribution in [0.2, 0.25) is 0 Å². The van der Waals surface area contributed by atoms with Gasteiger partial charge in [-0.25, -0.2) is 9.78 Å². The van der Waals surface area contributed by atoms with Gasteiger partial charge in [0.2, 0.25) is 0 Å². The highest BCUT2D eigenvalue weighted by Gasteiger charge is 2.10. The molecule has 72 valence electrons. The van der Waals surface area contributed by atoms with Gasteiger partial charge in [0.15, 0.2) is 5.69 Å². The number of fused-ring (bicyclic) bond motifs is 1. The van der Waals surface area contributed by atoms with Crippen LogP contribution in [0.25, 0.3) is 5.65 Å². The molecule has 14 heavy (non-hydrogen) atoms. The largest absolute Gasteiger partial charge is 0.506 e. The first kappa shape index (κ1) is 8.55. The molecule has 0 saturated heterocycles. The van der Waals surface area contributed by atoms with E-state index >= 15 is 0 Å². The number of methoxy groups -OCH3 is 1. The van der Waals surface area contributed by atoms with Crippen molar-refractivity contribution in [1.82, 2.24) is 9.38 Å². The SMILES string of the molecule is COC(=O)c1cn2cc(O)ccc2n1. The Hall–Kier alpha value is -2.04. The number of hydrogen-bond acceptors (Lipinski definition) is 4. The van der Waals surface area contributed by atoms with Crippen molar-refractivity contribution in [2.24, 2.45) is 0 Å². The van der Waals surface area contributed by atoms with E-state index in [1.165, 1.54) is 25.6 Å². The molecule has 2 rings (SSSR count). The van der Waals surface area contributed by atoms with Gasteiger partial charge in [0.05, 0.1) is 13.3 Å². The summed E-state index contributed by atoms with van der Waals surface area (Å²) in [7, 11) is 1.30. The van der Waals surface area contributed by atoms with Crippen molar-refractivity contribution in [2.75, 3.05) is 7.11 Å². The molecule has 0 aliphatic carbocycles. The monoisotopic (exact) mass is 192 g/mol. The molecule has 0 radical (unpaired) electrons. The van der Waals surface area contributed by atoms with Crippen LogP contribution in [0.1, 0.15) is 10.5 Å². The third kappa shape index (κ3) is 1.28. The Labute approximate surface area is 79.6 Å². The molecule has 5 nitrogen and oxygen atoms in total. The van der Waals surface area contributed by atoms with Crippen LogP contribution in [0.5, 0.6) is 5.75 Å². The maximum atomic E-state index is 11.1. The number of rotatable bonds is 1. The number of imidazole rings is 1. The molecular weight excluding hydrogens is 184 g/mol. The van der Waals surface area contributed by atoms with Crippen LogP contribution in [-0.4, -0.2) is 27.6 Å². The number of pyridine rings is 1. The summed E-state index contributed by atoms with van der Waals surface area (Å²) in [6.07, 6.45) is 2.97. The number of aromatic nitrogens is 2. The lowest BCUT2D eigenvalue weighted by atomic mass is 10.4. The molecule has 0 aliphatic heterocycles. The molecule has 0 aliphatic rings. The Morgan fingerprint density at radius 3 is 3.00 bits per heavy atom. The zero-order chi connectivity index (χ0) is 10.1. The van der Waals surface area contributed by atoms with E-state index in [9.17, 15) is 9.90 Å². The average molecular weight is 192 g/mol. The molecule has 1 N–H and O–H groups in total. The fraction of sp³-hybridized carbons (Fsp3) is 0.111. The predicted octanol–water partition coefficient (Wildman–Crippen LogP) is 0.826. The summed E-state index contributed by atoms with van der Waals surface area (Å²) in [5.41, 5.74) is 0.807. The molecule has 0 saturated carbocycles. The van der Waals surface area contributed by atoms with E-state index in [2.05, 4.69) is 9.72 Å². The number of aromatic hydroxyl groups is 1. The lowest BCUT2D eigenvalue weighted by Gasteiger charge is -1.92. The molecular formula is C9H8N2O3. The van der Waals surface area contributed by atoms with Gasteiger partial charge in [0, 0.05) is 6.20 Å². The van der Waals surface area contributed by atoms with E-state index in [0.29, 0.717) is 5.65 Å². The number of nitrogens with zero attached hydrogens (tertiary/aromatic N) is 2. The molecule has 0 fully saturated rings. The van der Waals surface area contributed by atoms with E-state index in [1.54, 1.807) is 10.5 Å². The lowest BCUT2D eigenvalue weighted by molar-refractivity contribution is 0.0595. The zero-order valence-corrected chi connectivity index (χ0v) is 7.47. The second-order valence-corrected chi connectivity index (χ2v) is 2.77. The molecule has 2 aromatic rings. The fourth-order valence-corrected chi connectivity index (χ4v) is 1.18. The van der Waals surface area contributed by atoms with Crippen LogP contribution >= 0.6 is 0 Å². The maximum Gasteiger partial charge on any atom is 0.358 e. The normalized spacial score (nSPS) is 10.4. The first-order chi connectivity index (χ1) is 6.70. The van der Waals surface area contributed by atoms with Crippen molar-refractivity contribution >= 4 is 11.6 Å². The number of carbonyl (C=O) groups is 1. The Morgan fingerprint density at radius 1 is 1.50 bits per heavy atom. The van der Waals surface area contributed by atoms with Crippen LogP contribution in [0.4, 0.5) is 0 Å². The van der Waals surface area contributed by atoms with E-state index in [1.807, 2.05) is 0 Å². The van der Waals surface area contributed by atoms with Gasteiger partial charge in [0.25, 0.3) is 0 Å². The smallest absolute Gasteiger partial charge is 0.358 e. The molecule has 0 spiro atoms. The zero-order valence-electron chi connectivity index (χ0n) is 7.47. The van der Waals surface area contributed by atoms with Crippen LogP contribution in [0.3, 0.4) is 0 Å². The van der Waals surface area contributed by atoms with Crippen molar-refractivity contribution in [3.8, 4) is 5.75 Å². The molecule has 0 amide bonds. The van der Waals surface area contributed by atoms with Crippen LogP contribution in [0, 0.1) is 0 Å². The summed E-state index contributed by atoms with van der Waals surface area (Å²) in [6.45, 7) is 0. The minimum absolute atomic E-state index is 0.117. The summed E-state index contributed by atoms with van der Waals surface area (Å²) in [5, 5.41) is 9.17. The quantitative estimate of drug-likeness (QED) is 0.679. The Morgan fingerprint density at radius 2 is 2.29 bits per heavy atom. The van der Waals surface area contributed by atoms with Gasteiger partial charge < -0.3 is 14.2 Å². The van der Waals surface area contributed by atoms with Gasteiger partial charge in [-0.2, -0.15) is 0 Å². The van der Waals surface area contributed by atoms with Crippen LogP contribution < -0.4 is 0 Å². The van der Waals surface area contributed by atoms with Crippen molar-refractivity contribution in [3.63, 3.8) is 0 Å². The summed E-state index contributed by atoms with van der Waals surface area (Å²) in [4.78, 5) is 15.1. The summed E-state index contributed by atoms with van der Waals surface area (Å²) in [5.74, 6) is -0.375. The Balaban J connectivity index is 2.56. The molecule has 0 unspecified atom stereocenters. The standard InChI is InChI=1S/C9H8N2O3/c1-14-9(13)7-5-11-4-6(12)2-3-8(11)10-7/h2-5,12H,1H3. The average Bonchev–Trinajstić information content (AvgIpc) is 2.59. The maximum absolute atomic E-state index is 11.1.